The standard InChI is InChI=1S/C7H11N.3C6H10N2.3C6H9NO.3C6H9NS.10C2H6/c1-6(2)7-4-3-5-8-7;2*1-5(2)6-3-7-4-8-6;1-5(2)6-3-4-7-8-6;1-5(2)6-3-8-4-7-6;1-5(2)6-3-7-4-8-6;1-5(2)6-7-3-4-8-6;1-5(2)6-3-8-4-7-6;1-5(2)6-3-7-4-8-6;1-5(2)6-7-3-4-8-6;10*1-2/h3,5-6H,4H2,1-2H3;3*3-5H,1-2H3,(H,7,8);6*3-5H,1-2H3;10*1-2H3. The zero-order valence-corrected chi connectivity index (χ0v) is 73.9. The van der Waals surface area contributed by atoms with E-state index < -0.39 is 0 Å². The first-order valence-electron chi connectivity index (χ1n) is 37.5. The van der Waals surface area contributed by atoms with Gasteiger partial charge in [-0.2, -0.15) is 5.10 Å². The quantitative estimate of drug-likeness (QED) is 0.117. The van der Waals surface area contributed by atoms with Crippen molar-refractivity contribution in [3.8, 4) is 0 Å². The molecule has 0 amide bonds. The zero-order chi connectivity index (χ0) is 79.8. The molecule has 0 fully saturated rings. The van der Waals surface area contributed by atoms with Crippen LogP contribution in [0.25, 0.3) is 0 Å². The number of H-pyrrole nitrogens is 3. The minimum atomic E-state index is 0.407. The van der Waals surface area contributed by atoms with E-state index in [1.807, 2.05) is 206 Å². The fraction of sp³-hybridized carbons (Fsp3) is 0.630. The highest BCUT2D eigenvalue weighted by Crippen LogP contribution is 2.18. The molecule has 0 bridgehead atoms. The summed E-state index contributed by atoms with van der Waals surface area (Å²) in [5, 5.41) is 12.0. The van der Waals surface area contributed by atoms with E-state index in [4.69, 9.17) is 13.3 Å². The van der Waals surface area contributed by atoms with Crippen molar-refractivity contribution in [1.29, 1.82) is 0 Å². The predicted octanol–water partition coefficient (Wildman–Crippen LogP) is 29.1. The first-order valence-corrected chi connectivity index (χ1v) is 40.2. The Morgan fingerprint density at radius 3 is 1.12 bits per heavy atom. The summed E-state index contributed by atoms with van der Waals surface area (Å²) >= 11 is 5.10. The second kappa shape index (κ2) is 88.6. The molecule has 3 N–H and O–H groups in total. The van der Waals surface area contributed by atoms with Gasteiger partial charge in [0.1, 0.15) is 18.3 Å². The first kappa shape index (κ1) is 115. The summed E-state index contributed by atoms with van der Waals surface area (Å²) in [5.74, 6) is 7.25. The van der Waals surface area contributed by atoms with E-state index in [9.17, 15) is 0 Å². The average molecular weight is 1460 g/mol. The van der Waals surface area contributed by atoms with Crippen molar-refractivity contribution in [3.63, 3.8) is 0 Å². The number of allylic oxidation sites excluding steroid dienone is 1. The number of imidazole rings is 2. The molecule has 9 aromatic rings. The molecule has 0 atom stereocenters. The van der Waals surface area contributed by atoms with Crippen LogP contribution in [0.4, 0.5) is 0 Å². The molecule has 0 unspecified atom stereocenters. The summed E-state index contributed by atoms with van der Waals surface area (Å²) < 4.78 is 14.7. The third-order valence-corrected chi connectivity index (χ3v) is 13.5. The topological polar surface area (TPSA) is 215 Å². The summed E-state index contributed by atoms with van der Waals surface area (Å²) in [7, 11) is 0. The molecule has 0 aliphatic carbocycles. The molecule has 19 heteroatoms. The van der Waals surface area contributed by atoms with Crippen LogP contribution in [-0.4, -0.2) is 65.7 Å². The van der Waals surface area contributed by atoms with E-state index in [0.29, 0.717) is 59.2 Å². The fourth-order valence-electron chi connectivity index (χ4n) is 5.59. The smallest absolute Gasteiger partial charge is 0.196 e. The second-order valence-electron chi connectivity index (χ2n) is 21.2. The van der Waals surface area contributed by atoms with Gasteiger partial charge < -0.3 is 23.2 Å². The van der Waals surface area contributed by atoms with Crippen molar-refractivity contribution in [1.82, 2.24) is 60.0 Å². The van der Waals surface area contributed by atoms with Gasteiger partial charge in [-0.3, -0.25) is 15.1 Å². The van der Waals surface area contributed by atoms with Crippen molar-refractivity contribution in [2.24, 2.45) is 10.9 Å². The highest BCUT2D eigenvalue weighted by Gasteiger charge is 2.05. The Balaban J connectivity index is -0.000000109. The third-order valence-electron chi connectivity index (χ3n) is 10.8. The number of aromatic nitrogens is 12. The summed E-state index contributed by atoms with van der Waals surface area (Å²) in [6.45, 7) is 82.5. The largest absolute Gasteiger partial charge is 0.451 e. The first-order chi connectivity index (χ1) is 48.0. The number of oxazole rings is 3. The van der Waals surface area contributed by atoms with Gasteiger partial charge in [-0.25, -0.2) is 34.9 Å². The molecule has 0 aromatic carbocycles. The highest BCUT2D eigenvalue weighted by atomic mass is 32.1. The molecule has 0 radical (unpaired) electrons. The molecule has 1 aliphatic rings. The second-order valence-corrected chi connectivity index (χ2v) is 23.7. The van der Waals surface area contributed by atoms with Crippen molar-refractivity contribution in [2.45, 2.75) is 337 Å². The van der Waals surface area contributed by atoms with Crippen LogP contribution in [0.2, 0.25) is 0 Å². The molecule has 9 aromatic heterocycles. The maximum absolute atomic E-state index is 4.98. The third kappa shape index (κ3) is 70.0. The van der Waals surface area contributed by atoms with Gasteiger partial charge in [0, 0.05) is 99.8 Å². The Hall–Kier alpha value is -6.44. The number of nitrogens with zero attached hydrogens (tertiary/aromatic N) is 10. The van der Waals surface area contributed by atoms with Crippen LogP contribution >= 0.6 is 34.0 Å². The summed E-state index contributed by atoms with van der Waals surface area (Å²) in [4.78, 5) is 43.3. The molecule has 0 saturated carbocycles. The fourth-order valence-corrected chi connectivity index (χ4v) is 7.60. The average Bonchev–Trinajstić information content (AvgIpc) is 3.90. The summed E-state index contributed by atoms with van der Waals surface area (Å²) in [6, 6.07) is 1.99. The number of hydrogen-bond donors (Lipinski definition) is 3. The SMILES string of the molecule is CC.CC.CC.CC.CC.CC.CC.CC.CC.CC.CC(C)C1=NC=CC1.CC(C)c1ccn[nH]1.CC(C)c1cnc[nH]1.CC(C)c1cnc[nH]1.CC(C)c1cnco1.CC(C)c1cncs1.CC(C)c1cocn1.CC(C)c1cscn1.CC(C)c1ncco1.CC(C)c1nccs1. The number of aliphatic imine (C=N–C) groups is 1. The van der Waals surface area contributed by atoms with E-state index in [2.05, 4.69) is 201 Å². The van der Waals surface area contributed by atoms with Crippen LogP contribution in [0.15, 0.2) is 140 Å². The lowest BCUT2D eigenvalue weighted by atomic mass is 10.1. The maximum Gasteiger partial charge on any atom is 0.196 e. The molecule has 0 spiro atoms. The predicted molar refractivity (Wildman–Crippen MR) is 448 cm³/mol. The molecule has 100 heavy (non-hydrogen) atoms. The van der Waals surface area contributed by atoms with Gasteiger partial charge in [0.25, 0.3) is 0 Å². The Morgan fingerprint density at radius 1 is 0.420 bits per heavy atom. The summed E-state index contributed by atoms with van der Waals surface area (Å²) in [6.07, 6.45) is 27.3. The van der Waals surface area contributed by atoms with Gasteiger partial charge in [0.2, 0.25) is 0 Å². The van der Waals surface area contributed by atoms with Crippen LogP contribution in [0.1, 0.15) is 387 Å². The van der Waals surface area contributed by atoms with E-state index in [1.165, 1.54) is 51.2 Å². The molecule has 10 heterocycles. The van der Waals surface area contributed by atoms with Gasteiger partial charge in [-0.05, 0) is 47.5 Å². The van der Waals surface area contributed by atoms with Gasteiger partial charge in [0.05, 0.1) is 52.5 Å². The molecular weight excluding hydrogens is 1300 g/mol. The van der Waals surface area contributed by atoms with E-state index >= 15 is 0 Å². The van der Waals surface area contributed by atoms with E-state index in [1.54, 1.807) is 77.8 Å². The number of nitrogens with one attached hydrogen (secondary N) is 3. The Morgan fingerprint density at radius 2 is 0.940 bits per heavy atom. The van der Waals surface area contributed by atoms with Crippen molar-refractivity contribution in [3.05, 3.63) is 171 Å². The minimum absolute atomic E-state index is 0.407. The lowest BCUT2D eigenvalue weighted by Crippen LogP contribution is -2.02. The molecule has 580 valence electrons. The Bertz CT molecular complexity index is 2150. The molecule has 0 saturated heterocycles. The number of rotatable bonds is 10. The number of thiazole rings is 3. The maximum atomic E-state index is 4.98. The lowest BCUT2D eigenvalue weighted by Gasteiger charge is -2.00. The highest BCUT2D eigenvalue weighted by molar-refractivity contribution is 7.09. The minimum Gasteiger partial charge on any atom is -0.451 e. The monoisotopic (exact) mass is 1450 g/mol. The molecule has 10 rings (SSSR count). The summed E-state index contributed by atoms with van der Waals surface area (Å²) in [5.41, 5.74) is 10.9. The normalized spacial score (nSPS) is 9.48. The van der Waals surface area contributed by atoms with Crippen molar-refractivity contribution >= 4 is 39.7 Å². The van der Waals surface area contributed by atoms with Crippen LogP contribution in [0, 0.1) is 5.92 Å². The van der Waals surface area contributed by atoms with Crippen LogP contribution in [-0.2, 0) is 0 Å². The number of hydrogen-bond acceptors (Lipinski definition) is 16. The number of aromatic amines is 3. The zero-order valence-electron chi connectivity index (χ0n) is 71.4. The Labute approximate surface area is 628 Å². The van der Waals surface area contributed by atoms with Crippen molar-refractivity contribution in [2.75, 3.05) is 0 Å². The Kier molecular flexibility index (Phi) is 102. The molecule has 1 aliphatic heterocycles. The van der Waals surface area contributed by atoms with Crippen LogP contribution in [0.5, 0.6) is 0 Å². The van der Waals surface area contributed by atoms with Gasteiger partial charge >= 0.3 is 0 Å². The van der Waals surface area contributed by atoms with Gasteiger partial charge in [-0.15, -0.1) is 34.0 Å². The van der Waals surface area contributed by atoms with Crippen LogP contribution in [0.3, 0.4) is 0 Å². The van der Waals surface area contributed by atoms with Crippen molar-refractivity contribution < 1.29 is 13.3 Å². The van der Waals surface area contributed by atoms with Crippen LogP contribution < -0.4 is 0 Å². The molecular formula is C81H155N13O3S3. The van der Waals surface area contributed by atoms with E-state index in [-0.39, 0.29) is 0 Å². The van der Waals surface area contributed by atoms with Gasteiger partial charge in [-0.1, -0.05) is 283 Å². The lowest BCUT2D eigenvalue weighted by molar-refractivity contribution is 0.471. The van der Waals surface area contributed by atoms with E-state index in [0.717, 1.165) is 23.8 Å². The molecule has 16 nitrogen and oxygen atoms in total. The van der Waals surface area contributed by atoms with Gasteiger partial charge in [0.15, 0.2) is 18.7 Å².